The molecule has 0 aliphatic heterocycles. The van der Waals surface area contributed by atoms with Crippen molar-refractivity contribution in [2.45, 2.75) is 0 Å². The second kappa shape index (κ2) is 5.82. The van der Waals surface area contributed by atoms with Crippen LogP contribution in [0.15, 0.2) is 49.6 Å². The average molecular weight is 345 g/mol. The first-order chi connectivity index (χ1) is 11.8. The molecule has 0 aliphatic carbocycles. The van der Waals surface area contributed by atoms with E-state index in [1.807, 2.05) is 0 Å². The molecule has 3 rings (SSSR count). The van der Waals surface area contributed by atoms with Gasteiger partial charge in [-0.3, -0.25) is 19.1 Å². The molecular formula is C15H12FN5O4. The molecule has 1 aromatic carbocycles. The van der Waals surface area contributed by atoms with Crippen molar-refractivity contribution in [2.24, 2.45) is 14.1 Å². The van der Waals surface area contributed by atoms with Crippen LogP contribution in [0.1, 0.15) is 0 Å². The van der Waals surface area contributed by atoms with Gasteiger partial charge in [-0.25, -0.2) is 18.4 Å². The van der Waals surface area contributed by atoms with Gasteiger partial charge in [0.15, 0.2) is 5.69 Å². The molecule has 1 N–H and O–H groups in total. The van der Waals surface area contributed by atoms with E-state index >= 15 is 0 Å². The maximum Gasteiger partial charge on any atom is 0.351 e. The molecule has 2 heterocycles. The summed E-state index contributed by atoms with van der Waals surface area (Å²) in [4.78, 5) is 48.9. The first kappa shape index (κ1) is 16.3. The molecule has 0 fully saturated rings. The molecule has 10 heteroatoms. The van der Waals surface area contributed by atoms with Gasteiger partial charge in [-0.05, 0) is 24.3 Å². The predicted molar refractivity (Wildman–Crippen MR) is 86.3 cm³/mol. The van der Waals surface area contributed by atoms with Crippen molar-refractivity contribution in [1.82, 2.24) is 24.1 Å². The fourth-order valence-corrected chi connectivity index (χ4v) is 2.29. The Morgan fingerprint density at radius 3 is 2.28 bits per heavy atom. The average Bonchev–Trinajstić information content (AvgIpc) is 2.58. The van der Waals surface area contributed by atoms with E-state index in [-0.39, 0.29) is 16.9 Å². The molecule has 0 unspecified atom stereocenters. The molecule has 0 saturated carbocycles. The van der Waals surface area contributed by atoms with Crippen LogP contribution in [0.4, 0.5) is 4.39 Å². The predicted octanol–water partition coefficient (Wildman–Crippen LogP) is -0.876. The van der Waals surface area contributed by atoms with Gasteiger partial charge in [-0.2, -0.15) is 5.10 Å². The number of hydrogen-bond donors (Lipinski definition) is 1. The van der Waals surface area contributed by atoms with Gasteiger partial charge in [0.2, 0.25) is 0 Å². The van der Waals surface area contributed by atoms with Crippen molar-refractivity contribution >= 4 is 0 Å². The second-order valence-electron chi connectivity index (χ2n) is 5.25. The normalized spacial score (nSPS) is 10.8. The van der Waals surface area contributed by atoms with Gasteiger partial charge in [0.1, 0.15) is 5.82 Å². The zero-order chi connectivity index (χ0) is 18.3. The highest BCUT2D eigenvalue weighted by atomic mass is 19.1. The van der Waals surface area contributed by atoms with Gasteiger partial charge in [0, 0.05) is 20.3 Å². The summed E-state index contributed by atoms with van der Waals surface area (Å²) in [6.07, 6.45) is 1.16. The Morgan fingerprint density at radius 2 is 1.64 bits per heavy atom. The minimum Gasteiger partial charge on any atom is -0.302 e. The second-order valence-corrected chi connectivity index (χ2v) is 5.25. The molecule has 0 radical (unpaired) electrons. The van der Waals surface area contributed by atoms with Crippen molar-refractivity contribution in [3.05, 3.63) is 77.7 Å². The Kier molecular flexibility index (Phi) is 3.79. The molecule has 25 heavy (non-hydrogen) atoms. The molecule has 128 valence electrons. The standard InChI is InChI=1S/C15H12FN5O4/c1-19-14(24)12(22)10(7-17-19)11-13(23)21(15(25)20(2)18-11)9-5-3-8(16)4-6-9/h3-7,17H,1-2H3. The van der Waals surface area contributed by atoms with E-state index in [0.29, 0.717) is 0 Å². The summed E-state index contributed by atoms with van der Waals surface area (Å²) < 4.78 is 15.7. The summed E-state index contributed by atoms with van der Waals surface area (Å²) >= 11 is 0. The number of aryl methyl sites for hydroxylation is 2. The van der Waals surface area contributed by atoms with E-state index in [1.165, 1.54) is 26.2 Å². The van der Waals surface area contributed by atoms with E-state index in [4.69, 9.17) is 0 Å². The fraction of sp³-hybridized carbons (Fsp3) is 0.133. The number of halogens is 1. The number of nitrogens with zero attached hydrogens (tertiary/aromatic N) is 4. The monoisotopic (exact) mass is 345 g/mol. The number of H-pyrrole nitrogens is 1. The van der Waals surface area contributed by atoms with Crippen molar-refractivity contribution in [3.8, 4) is 16.9 Å². The van der Waals surface area contributed by atoms with E-state index in [0.717, 1.165) is 32.3 Å². The van der Waals surface area contributed by atoms with Crippen LogP contribution in [-0.2, 0) is 14.1 Å². The number of benzene rings is 1. The highest BCUT2D eigenvalue weighted by Crippen LogP contribution is 2.07. The molecule has 0 aliphatic rings. The summed E-state index contributed by atoms with van der Waals surface area (Å²) in [5, 5.41) is 6.32. The maximum absolute atomic E-state index is 13.1. The molecule has 0 bridgehead atoms. The lowest BCUT2D eigenvalue weighted by atomic mass is 10.2. The van der Waals surface area contributed by atoms with Crippen LogP contribution >= 0.6 is 0 Å². The van der Waals surface area contributed by atoms with Crippen LogP contribution in [-0.4, -0.2) is 24.1 Å². The van der Waals surface area contributed by atoms with Crippen LogP contribution in [0.25, 0.3) is 16.9 Å². The fourth-order valence-electron chi connectivity index (χ4n) is 2.29. The lowest BCUT2D eigenvalue weighted by Gasteiger charge is -2.09. The van der Waals surface area contributed by atoms with Crippen LogP contribution in [0.2, 0.25) is 0 Å². The van der Waals surface area contributed by atoms with Gasteiger partial charge in [0.05, 0.1) is 11.3 Å². The van der Waals surface area contributed by atoms with Crippen LogP contribution in [0.3, 0.4) is 0 Å². The molecule has 0 atom stereocenters. The SMILES string of the molecule is Cn1nc(-c2c[nH]n(C)c(=O)c2=O)c(=O)n(-c2ccc(F)cc2)c1=O. The van der Waals surface area contributed by atoms with Crippen molar-refractivity contribution < 1.29 is 4.39 Å². The van der Waals surface area contributed by atoms with Crippen LogP contribution < -0.4 is 22.2 Å². The Labute approximate surface area is 138 Å². The van der Waals surface area contributed by atoms with Crippen LogP contribution in [0.5, 0.6) is 0 Å². The Morgan fingerprint density at radius 1 is 1.00 bits per heavy atom. The number of hydrogen-bond acceptors (Lipinski definition) is 5. The minimum atomic E-state index is -0.935. The number of nitrogens with one attached hydrogen (secondary N) is 1. The van der Waals surface area contributed by atoms with Crippen molar-refractivity contribution in [1.29, 1.82) is 0 Å². The van der Waals surface area contributed by atoms with Crippen molar-refractivity contribution in [3.63, 3.8) is 0 Å². The third kappa shape index (κ3) is 2.63. The van der Waals surface area contributed by atoms with Gasteiger partial charge in [0.25, 0.3) is 11.0 Å². The number of rotatable bonds is 2. The smallest absolute Gasteiger partial charge is 0.302 e. The topological polar surface area (TPSA) is 112 Å². The van der Waals surface area contributed by atoms with E-state index < -0.39 is 28.1 Å². The molecule has 3 aromatic rings. The first-order valence-electron chi connectivity index (χ1n) is 7.06. The molecular weight excluding hydrogens is 333 g/mol. The van der Waals surface area contributed by atoms with Crippen LogP contribution in [0, 0.1) is 5.82 Å². The molecule has 0 amide bonds. The first-order valence-corrected chi connectivity index (χ1v) is 7.06. The van der Waals surface area contributed by atoms with Gasteiger partial charge in [-0.1, -0.05) is 0 Å². The highest BCUT2D eigenvalue weighted by Gasteiger charge is 2.18. The van der Waals surface area contributed by atoms with E-state index in [2.05, 4.69) is 10.2 Å². The molecule has 2 aromatic heterocycles. The summed E-state index contributed by atoms with van der Waals surface area (Å²) in [7, 11) is 2.64. The summed E-state index contributed by atoms with van der Waals surface area (Å²) in [5.41, 5.74) is -4.01. The quantitative estimate of drug-likeness (QED) is 0.607. The largest absolute Gasteiger partial charge is 0.351 e. The van der Waals surface area contributed by atoms with Crippen molar-refractivity contribution in [2.75, 3.05) is 0 Å². The summed E-state index contributed by atoms with van der Waals surface area (Å²) in [5.74, 6) is -0.536. The van der Waals surface area contributed by atoms with E-state index in [1.54, 1.807) is 0 Å². The summed E-state index contributed by atoms with van der Waals surface area (Å²) in [6, 6.07) is 4.67. The maximum atomic E-state index is 13.1. The van der Waals surface area contributed by atoms with Gasteiger partial charge in [-0.15, -0.1) is 0 Å². The number of aromatic amines is 1. The minimum absolute atomic E-state index is 0.107. The Balaban J connectivity index is 2.39. The Hall–Kier alpha value is -3.56. The number of aromatic nitrogens is 5. The van der Waals surface area contributed by atoms with E-state index in [9.17, 15) is 23.6 Å². The Bertz CT molecular complexity index is 1200. The lowest BCUT2D eigenvalue weighted by molar-refractivity contribution is 0.621. The zero-order valence-electron chi connectivity index (χ0n) is 13.2. The summed E-state index contributed by atoms with van der Waals surface area (Å²) in [6.45, 7) is 0. The highest BCUT2D eigenvalue weighted by molar-refractivity contribution is 5.56. The molecule has 0 spiro atoms. The molecule has 0 saturated heterocycles. The molecule has 9 nitrogen and oxygen atoms in total. The third-order valence-corrected chi connectivity index (χ3v) is 3.61. The lowest BCUT2D eigenvalue weighted by Crippen LogP contribution is -2.42. The van der Waals surface area contributed by atoms with Gasteiger partial charge >= 0.3 is 11.2 Å². The zero-order valence-corrected chi connectivity index (χ0v) is 13.2. The van der Waals surface area contributed by atoms with Gasteiger partial charge < -0.3 is 5.10 Å². The third-order valence-electron chi connectivity index (χ3n) is 3.61.